The Morgan fingerprint density at radius 1 is 1.06 bits per heavy atom. The summed E-state index contributed by atoms with van der Waals surface area (Å²) in [6.07, 6.45) is 15.7. The van der Waals surface area contributed by atoms with Gasteiger partial charge in [-0.05, 0) is 75.0 Å². The van der Waals surface area contributed by atoms with Gasteiger partial charge in [-0.1, -0.05) is 26.2 Å². The first-order valence-corrected chi connectivity index (χ1v) is 8.47. The van der Waals surface area contributed by atoms with Crippen molar-refractivity contribution in [3.05, 3.63) is 0 Å². The van der Waals surface area contributed by atoms with Crippen LogP contribution in [0.1, 0.15) is 77.6 Å². The van der Waals surface area contributed by atoms with Crippen molar-refractivity contribution in [1.82, 2.24) is 0 Å². The Kier molecular flexibility index (Phi) is 3.71. The van der Waals surface area contributed by atoms with Crippen molar-refractivity contribution in [2.45, 2.75) is 83.1 Å². The van der Waals surface area contributed by atoms with Crippen LogP contribution in [0.2, 0.25) is 0 Å². The first-order valence-electron chi connectivity index (χ1n) is 8.47. The van der Waals surface area contributed by atoms with E-state index in [-0.39, 0.29) is 5.54 Å². The molecule has 0 heterocycles. The van der Waals surface area contributed by atoms with E-state index in [1.807, 2.05) is 0 Å². The van der Waals surface area contributed by atoms with E-state index in [0.29, 0.717) is 0 Å². The lowest BCUT2D eigenvalue weighted by Gasteiger charge is -2.40. The maximum atomic E-state index is 6.73. The smallest absolute Gasteiger partial charge is 0.0157 e. The third kappa shape index (κ3) is 2.61. The van der Waals surface area contributed by atoms with Crippen LogP contribution in [0.5, 0.6) is 0 Å². The van der Waals surface area contributed by atoms with Gasteiger partial charge >= 0.3 is 0 Å². The molecule has 3 fully saturated rings. The minimum absolute atomic E-state index is 0.222. The van der Waals surface area contributed by atoms with Crippen LogP contribution >= 0.6 is 0 Å². The first kappa shape index (κ1) is 13.0. The number of hydrogen-bond acceptors (Lipinski definition) is 1. The number of nitrogens with two attached hydrogens (primary N) is 1. The molecule has 0 aliphatic heterocycles. The predicted molar refractivity (Wildman–Crippen MR) is 77.3 cm³/mol. The second kappa shape index (κ2) is 5.15. The maximum absolute atomic E-state index is 6.73. The van der Waals surface area contributed by atoms with Crippen LogP contribution in [-0.4, -0.2) is 5.54 Å². The predicted octanol–water partition coefficient (Wildman–Crippen LogP) is 4.50. The summed E-state index contributed by atoms with van der Waals surface area (Å²) in [6.45, 7) is 2.32. The Hall–Kier alpha value is -0.0400. The molecule has 1 nitrogen and oxygen atoms in total. The van der Waals surface area contributed by atoms with Crippen LogP contribution in [0.15, 0.2) is 0 Å². The third-order valence-corrected chi connectivity index (χ3v) is 6.35. The molecule has 3 unspecified atom stereocenters. The summed E-state index contributed by atoms with van der Waals surface area (Å²) in [4.78, 5) is 0. The highest BCUT2D eigenvalue weighted by atomic mass is 14.8. The molecule has 1 heteroatoms. The minimum atomic E-state index is 0.222. The van der Waals surface area contributed by atoms with E-state index in [4.69, 9.17) is 5.73 Å². The zero-order chi connectivity index (χ0) is 12.6. The Morgan fingerprint density at radius 2 is 1.83 bits per heavy atom. The summed E-state index contributed by atoms with van der Waals surface area (Å²) in [6, 6.07) is 0. The summed E-state index contributed by atoms with van der Waals surface area (Å²) in [7, 11) is 0. The molecule has 0 amide bonds. The fourth-order valence-electron chi connectivity index (χ4n) is 5.30. The highest BCUT2D eigenvalue weighted by Crippen LogP contribution is 2.52. The van der Waals surface area contributed by atoms with Gasteiger partial charge in [0.05, 0.1) is 0 Å². The number of fused-ring (bicyclic) bond motifs is 2. The molecule has 2 N–H and O–H groups in total. The average molecular weight is 249 g/mol. The van der Waals surface area contributed by atoms with E-state index in [2.05, 4.69) is 6.92 Å². The van der Waals surface area contributed by atoms with Crippen LogP contribution in [0.4, 0.5) is 0 Å². The lowest BCUT2D eigenvalue weighted by Crippen LogP contribution is -2.45. The molecule has 3 atom stereocenters. The van der Waals surface area contributed by atoms with E-state index in [1.54, 1.807) is 6.42 Å². The normalized spacial score (nSPS) is 47.7. The van der Waals surface area contributed by atoms with Crippen molar-refractivity contribution >= 4 is 0 Å². The molecule has 3 rings (SSSR count). The van der Waals surface area contributed by atoms with E-state index < -0.39 is 0 Å². The summed E-state index contributed by atoms with van der Waals surface area (Å²) in [5, 5.41) is 0. The highest BCUT2D eigenvalue weighted by molar-refractivity contribution is 4.97. The van der Waals surface area contributed by atoms with Crippen molar-refractivity contribution in [2.75, 3.05) is 0 Å². The lowest BCUT2D eigenvalue weighted by atomic mass is 9.69. The van der Waals surface area contributed by atoms with Gasteiger partial charge in [0.25, 0.3) is 0 Å². The minimum Gasteiger partial charge on any atom is -0.325 e. The molecular formula is C17H31N. The fourth-order valence-corrected chi connectivity index (χ4v) is 5.30. The monoisotopic (exact) mass is 249 g/mol. The largest absolute Gasteiger partial charge is 0.325 e. The summed E-state index contributed by atoms with van der Waals surface area (Å²) < 4.78 is 0. The quantitative estimate of drug-likeness (QED) is 0.780. The van der Waals surface area contributed by atoms with Crippen molar-refractivity contribution in [1.29, 1.82) is 0 Å². The van der Waals surface area contributed by atoms with Gasteiger partial charge in [0.15, 0.2) is 0 Å². The lowest BCUT2D eigenvalue weighted by molar-refractivity contribution is 0.165. The summed E-state index contributed by atoms with van der Waals surface area (Å²) >= 11 is 0. The van der Waals surface area contributed by atoms with Gasteiger partial charge in [-0.25, -0.2) is 0 Å². The molecular weight excluding hydrogens is 218 g/mol. The molecule has 0 spiro atoms. The van der Waals surface area contributed by atoms with Gasteiger partial charge in [-0.3, -0.25) is 0 Å². The first-order chi connectivity index (χ1) is 8.68. The number of rotatable bonds is 4. The van der Waals surface area contributed by atoms with E-state index in [9.17, 15) is 0 Å². The molecule has 0 radical (unpaired) electrons. The van der Waals surface area contributed by atoms with Gasteiger partial charge in [-0.2, -0.15) is 0 Å². The molecule has 0 aromatic rings. The Bertz CT molecular complexity index is 277. The van der Waals surface area contributed by atoms with Crippen molar-refractivity contribution in [2.24, 2.45) is 29.4 Å². The molecule has 2 bridgehead atoms. The molecule has 0 aromatic heterocycles. The molecule has 3 saturated carbocycles. The fraction of sp³-hybridized carbons (Fsp3) is 1.00. The third-order valence-electron chi connectivity index (χ3n) is 6.35. The van der Waals surface area contributed by atoms with Crippen molar-refractivity contribution in [3.63, 3.8) is 0 Å². The second-order valence-electron chi connectivity index (χ2n) is 7.73. The highest BCUT2D eigenvalue weighted by Gasteiger charge is 2.43. The molecule has 3 aliphatic carbocycles. The summed E-state index contributed by atoms with van der Waals surface area (Å²) in [5.74, 6) is 4.13. The van der Waals surface area contributed by atoms with Gasteiger partial charge in [0, 0.05) is 5.54 Å². The van der Waals surface area contributed by atoms with Crippen LogP contribution in [0, 0.1) is 23.7 Å². The molecule has 18 heavy (non-hydrogen) atoms. The van der Waals surface area contributed by atoms with Crippen molar-refractivity contribution in [3.8, 4) is 0 Å². The molecule has 0 aromatic carbocycles. The van der Waals surface area contributed by atoms with Gasteiger partial charge in [0.2, 0.25) is 0 Å². The van der Waals surface area contributed by atoms with Crippen LogP contribution in [0.25, 0.3) is 0 Å². The van der Waals surface area contributed by atoms with Crippen LogP contribution < -0.4 is 5.73 Å². The topological polar surface area (TPSA) is 26.0 Å². The van der Waals surface area contributed by atoms with E-state index in [1.165, 1.54) is 64.2 Å². The molecule has 3 aliphatic rings. The molecule has 104 valence electrons. The zero-order valence-electron chi connectivity index (χ0n) is 12.2. The zero-order valence-corrected chi connectivity index (χ0v) is 12.2. The Balaban J connectivity index is 1.50. The Labute approximate surface area is 113 Å². The molecule has 0 saturated heterocycles. The van der Waals surface area contributed by atoms with Gasteiger partial charge < -0.3 is 5.73 Å². The second-order valence-corrected chi connectivity index (χ2v) is 7.73. The van der Waals surface area contributed by atoms with Crippen molar-refractivity contribution < 1.29 is 0 Å². The SMILES string of the molecule is CCCC1CCC(N)(CC2CC3CCC2C3)CC1. The summed E-state index contributed by atoms with van der Waals surface area (Å²) in [5.41, 5.74) is 6.95. The maximum Gasteiger partial charge on any atom is 0.0157 e. The Morgan fingerprint density at radius 3 is 2.39 bits per heavy atom. The van der Waals surface area contributed by atoms with Crippen LogP contribution in [-0.2, 0) is 0 Å². The standard InChI is InChI=1S/C17H31N/c1-2-3-13-6-8-17(18,9-7-13)12-16-11-14-4-5-15(16)10-14/h13-16H,2-12,18H2,1H3. The van der Waals surface area contributed by atoms with E-state index >= 15 is 0 Å². The van der Waals surface area contributed by atoms with Gasteiger partial charge in [0.1, 0.15) is 0 Å². The van der Waals surface area contributed by atoms with Crippen LogP contribution in [0.3, 0.4) is 0 Å². The average Bonchev–Trinajstić information content (AvgIpc) is 2.94. The van der Waals surface area contributed by atoms with E-state index in [0.717, 1.165) is 23.7 Å². The van der Waals surface area contributed by atoms with Gasteiger partial charge in [-0.15, -0.1) is 0 Å². The number of hydrogen-bond donors (Lipinski definition) is 1.